The van der Waals surface area contributed by atoms with Gasteiger partial charge >= 0.3 is 0 Å². The van der Waals surface area contributed by atoms with Crippen molar-refractivity contribution in [1.82, 2.24) is 0 Å². The second-order valence-electron chi connectivity index (χ2n) is 7.77. The van der Waals surface area contributed by atoms with Gasteiger partial charge in [-0.1, -0.05) is 61.9 Å². The van der Waals surface area contributed by atoms with E-state index in [-0.39, 0.29) is 23.1 Å². The normalized spacial score (nSPS) is 27.3. The third-order valence-electron chi connectivity index (χ3n) is 5.09. The van der Waals surface area contributed by atoms with Gasteiger partial charge in [0.05, 0.1) is 5.71 Å². The van der Waals surface area contributed by atoms with Gasteiger partial charge in [0.1, 0.15) is 5.83 Å². The molecule has 2 aliphatic carbocycles. The summed E-state index contributed by atoms with van der Waals surface area (Å²) in [6.07, 6.45) is 11.3. The van der Waals surface area contributed by atoms with E-state index in [4.69, 9.17) is 0 Å². The molecular weight excluding hydrogens is 297 g/mol. The Morgan fingerprint density at radius 2 is 1.96 bits per heavy atom. The first-order chi connectivity index (χ1) is 11.4. The van der Waals surface area contributed by atoms with Gasteiger partial charge in [0.25, 0.3) is 0 Å². The van der Waals surface area contributed by atoms with E-state index in [1.165, 1.54) is 5.57 Å². The lowest BCUT2D eigenvalue weighted by molar-refractivity contribution is 0.468. The lowest BCUT2D eigenvalue weighted by atomic mass is 9.71. The molecule has 0 radical (unpaired) electrons. The van der Waals surface area contributed by atoms with Gasteiger partial charge in [-0.25, -0.2) is 4.39 Å². The molecular formula is C22H22FN. The molecule has 0 saturated heterocycles. The maximum Gasteiger partial charge on any atom is 0.127 e. The monoisotopic (exact) mass is 319 g/mol. The van der Waals surface area contributed by atoms with Crippen LogP contribution in [0.25, 0.3) is 5.83 Å². The molecule has 24 heavy (non-hydrogen) atoms. The summed E-state index contributed by atoms with van der Waals surface area (Å²) in [7, 11) is 0. The highest BCUT2D eigenvalue weighted by Crippen LogP contribution is 2.44. The quantitative estimate of drug-likeness (QED) is 0.603. The van der Waals surface area contributed by atoms with Crippen LogP contribution in [0.15, 0.2) is 70.9 Å². The summed E-state index contributed by atoms with van der Waals surface area (Å²) < 4.78 is 14.7. The van der Waals surface area contributed by atoms with Crippen molar-refractivity contribution in [3.05, 3.63) is 77.0 Å². The van der Waals surface area contributed by atoms with Crippen molar-refractivity contribution < 1.29 is 4.39 Å². The van der Waals surface area contributed by atoms with Crippen LogP contribution >= 0.6 is 0 Å². The molecule has 0 amide bonds. The second kappa shape index (κ2) is 5.41. The number of nitrogens with zero attached hydrogens (tertiary/aromatic N) is 1. The van der Waals surface area contributed by atoms with Crippen LogP contribution in [0, 0.1) is 11.3 Å². The van der Waals surface area contributed by atoms with Crippen LogP contribution in [0.2, 0.25) is 0 Å². The molecule has 2 atom stereocenters. The number of hydrogen-bond acceptors (Lipinski definition) is 1. The fourth-order valence-corrected chi connectivity index (χ4v) is 4.29. The molecule has 1 nitrogen and oxygen atoms in total. The molecule has 122 valence electrons. The summed E-state index contributed by atoms with van der Waals surface area (Å²) in [4.78, 5) is 4.66. The number of allylic oxidation sites excluding steroid dienone is 6. The standard InChI is InChI=1S/C22H22FN/c1-14-10-15(13-22(2,3)12-14)21-19-11-20(23)18-7-5-4-6-16(18)17(19)8-9-24-21/h4-11,13,17,19H,12H2,1-3H3. The Morgan fingerprint density at radius 3 is 2.75 bits per heavy atom. The first-order valence-electron chi connectivity index (χ1n) is 8.56. The highest BCUT2D eigenvalue weighted by atomic mass is 19.1. The lowest BCUT2D eigenvalue weighted by Gasteiger charge is -2.34. The van der Waals surface area contributed by atoms with Crippen molar-refractivity contribution >= 4 is 11.5 Å². The fourth-order valence-electron chi connectivity index (χ4n) is 4.29. The Bertz CT molecular complexity index is 848. The molecule has 1 aromatic carbocycles. The largest absolute Gasteiger partial charge is 0.260 e. The summed E-state index contributed by atoms with van der Waals surface area (Å²) in [6, 6.07) is 7.78. The number of halogens is 1. The van der Waals surface area contributed by atoms with Gasteiger partial charge in [-0.3, -0.25) is 4.99 Å². The lowest BCUT2D eigenvalue weighted by Crippen LogP contribution is -2.28. The van der Waals surface area contributed by atoms with E-state index in [1.54, 1.807) is 6.08 Å². The predicted molar refractivity (Wildman–Crippen MR) is 98.6 cm³/mol. The number of hydrogen-bond donors (Lipinski definition) is 0. The minimum absolute atomic E-state index is 0.0332. The molecule has 0 saturated carbocycles. The van der Waals surface area contributed by atoms with E-state index in [1.807, 2.05) is 30.5 Å². The molecule has 2 heteroatoms. The maximum absolute atomic E-state index is 14.7. The van der Waals surface area contributed by atoms with Gasteiger partial charge in [0.15, 0.2) is 0 Å². The van der Waals surface area contributed by atoms with Crippen molar-refractivity contribution in [3.63, 3.8) is 0 Å². The second-order valence-corrected chi connectivity index (χ2v) is 7.77. The van der Waals surface area contributed by atoms with Gasteiger partial charge in [-0.05, 0) is 36.0 Å². The minimum atomic E-state index is -0.133. The molecule has 3 aliphatic rings. The first kappa shape index (κ1) is 15.3. The van der Waals surface area contributed by atoms with Gasteiger partial charge < -0.3 is 0 Å². The van der Waals surface area contributed by atoms with Crippen LogP contribution < -0.4 is 0 Å². The van der Waals surface area contributed by atoms with Gasteiger partial charge in [-0.15, -0.1) is 0 Å². The van der Waals surface area contributed by atoms with Crippen LogP contribution in [0.5, 0.6) is 0 Å². The average molecular weight is 319 g/mol. The number of aliphatic imine (C=N–C) groups is 1. The first-order valence-corrected chi connectivity index (χ1v) is 8.56. The smallest absolute Gasteiger partial charge is 0.127 e. The Labute approximate surface area is 143 Å². The zero-order valence-corrected chi connectivity index (χ0v) is 14.4. The summed E-state index contributed by atoms with van der Waals surface area (Å²) >= 11 is 0. The fraction of sp³-hybridized carbons (Fsp3) is 0.318. The van der Waals surface area contributed by atoms with Crippen molar-refractivity contribution in [2.45, 2.75) is 33.1 Å². The molecule has 1 heterocycles. The van der Waals surface area contributed by atoms with E-state index in [0.717, 1.165) is 23.3 Å². The highest BCUT2D eigenvalue weighted by molar-refractivity contribution is 6.08. The van der Waals surface area contributed by atoms with Crippen LogP contribution in [-0.2, 0) is 0 Å². The summed E-state index contributed by atoms with van der Waals surface area (Å²) in [5.74, 6) is -0.00633. The topological polar surface area (TPSA) is 12.4 Å². The predicted octanol–water partition coefficient (Wildman–Crippen LogP) is 5.98. The molecule has 1 aromatic rings. The number of fused-ring (bicyclic) bond motifs is 3. The number of rotatable bonds is 1. The Morgan fingerprint density at radius 1 is 1.17 bits per heavy atom. The molecule has 2 unspecified atom stereocenters. The van der Waals surface area contributed by atoms with Crippen molar-refractivity contribution in [2.75, 3.05) is 0 Å². The van der Waals surface area contributed by atoms with Gasteiger partial charge in [0, 0.05) is 23.6 Å². The number of benzene rings is 1. The van der Waals surface area contributed by atoms with E-state index in [2.05, 4.69) is 44.0 Å². The average Bonchev–Trinajstić information content (AvgIpc) is 2.53. The van der Waals surface area contributed by atoms with E-state index >= 15 is 0 Å². The van der Waals surface area contributed by atoms with E-state index in [0.29, 0.717) is 5.56 Å². The van der Waals surface area contributed by atoms with Gasteiger partial charge in [0.2, 0.25) is 0 Å². The van der Waals surface area contributed by atoms with Crippen molar-refractivity contribution in [1.29, 1.82) is 0 Å². The summed E-state index contributed by atoms with van der Waals surface area (Å²) in [5.41, 5.74) is 5.37. The van der Waals surface area contributed by atoms with Crippen molar-refractivity contribution in [2.24, 2.45) is 16.3 Å². The Kier molecular flexibility index (Phi) is 3.45. The Hall–Kier alpha value is -2.22. The molecule has 0 N–H and O–H groups in total. The SMILES string of the molecule is CC1=CC(C2=NC=CC3c4ccccc4C(F)=CC23)=CC(C)(C)C1. The third kappa shape index (κ3) is 2.50. The summed E-state index contributed by atoms with van der Waals surface area (Å²) in [5, 5.41) is 0. The van der Waals surface area contributed by atoms with Crippen LogP contribution in [-0.4, -0.2) is 5.71 Å². The maximum atomic E-state index is 14.7. The van der Waals surface area contributed by atoms with Crippen LogP contribution in [0.4, 0.5) is 4.39 Å². The molecule has 0 fully saturated rings. The van der Waals surface area contributed by atoms with Crippen LogP contribution in [0.3, 0.4) is 0 Å². The van der Waals surface area contributed by atoms with Crippen molar-refractivity contribution in [3.8, 4) is 0 Å². The van der Waals surface area contributed by atoms with E-state index < -0.39 is 0 Å². The van der Waals surface area contributed by atoms with Crippen LogP contribution in [0.1, 0.15) is 44.2 Å². The molecule has 0 aromatic heterocycles. The van der Waals surface area contributed by atoms with E-state index in [9.17, 15) is 4.39 Å². The zero-order valence-electron chi connectivity index (χ0n) is 14.4. The van der Waals surface area contributed by atoms with Gasteiger partial charge in [-0.2, -0.15) is 0 Å². The molecule has 1 aliphatic heterocycles. The Balaban J connectivity index is 1.81. The zero-order chi connectivity index (χ0) is 16.9. The third-order valence-corrected chi connectivity index (χ3v) is 5.09. The minimum Gasteiger partial charge on any atom is -0.260 e. The molecule has 0 spiro atoms. The highest BCUT2D eigenvalue weighted by Gasteiger charge is 2.35. The summed E-state index contributed by atoms with van der Waals surface area (Å²) in [6.45, 7) is 6.65. The molecule has 4 rings (SSSR count). The molecule has 0 bridgehead atoms.